The second-order valence-corrected chi connectivity index (χ2v) is 7.03. The minimum Gasteiger partial charge on any atom is -0.381 e. The first-order chi connectivity index (χ1) is 7.95. The molecule has 0 spiro atoms. The summed E-state index contributed by atoms with van der Waals surface area (Å²) in [6.07, 6.45) is 3.55. The van der Waals surface area contributed by atoms with E-state index in [1.807, 2.05) is 0 Å². The van der Waals surface area contributed by atoms with E-state index in [9.17, 15) is 0 Å². The van der Waals surface area contributed by atoms with Gasteiger partial charge in [0, 0.05) is 23.9 Å². The van der Waals surface area contributed by atoms with Gasteiger partial charge in [0.25, 0.3) is 0 Å². The predicted octanol–water partition coefficient (Wildman–Crippen LogP) is 5.26. The molecule has 0 unspecified atom stereocenters. The minimum atomic E-state index is 0.353. The van der Waals surface area contributed by atoms with Crippen molar-refractivity contribution in [2.24, 2.45) is 17.3 Å². The Morgan fingerprint density at radius 3 is 1.94 bits per heavy atom. The second kappa shape index (κ2) is 9.80. The Morgan fingerprint density at radius 1 is 0.941 bits per heavy atom. The number of hydrogen-bond acceptors (Lipinski definition) is 1. The molecular formula is C14H28Br2O. The summed E-state index contributed by atoms with van der Waals surface area (Å²) in [5.74, 6) is 1.48. The lowest BCUT2D eigenvalue weighted by Gasteiger charge is -2.31. The molecule has 3 heteroatoms. The number of ether oxygens (including phenoxy) is 1. The summed E-state index contributed by atoms with van der Waals surface area (Å²) in [6, 6.07) is 0. The Bertz CT molecular complexity index is 177. The normalized spacial score (nSPS) is 12.7. The monoisotopic (exact) mass is 370 g/mol. The van der Waals surface area contributed by atoms with Crippen molar-refractivity contribution in [1.82, 2.24) is 0 Å². The predicted molar refractivity (Wildman–Crippen MR) is 84.4 cm³/mol. The topological polar surface area (TPSA) is 9.23 Å². The highest BCUT2D eigenvalue weighted by Crippen LogP contribution is 2.34. The van der Waals surface area contributed by atoms with E-state index in [4.69, 9.17) is 4.74 Å². The molecule has 0 aromatic rings. The van der Waals surface area contributed by atoms with E-state index in [0.717, 1.165) is 42.1 Å². The van der Waals surface area contributed by atoms with Crippen LogP contribution in [0.4, 0.5) is 0 Å². The van der Waals surface area contributed by atoms with Crippen LogP contribution in [0.1, 0.15) is 47.0 Å². The van der Waals surface area contributed by atoms with E-state index in [0.29, 0.717) is 5.41 Å². The van der Waals surface area contributed by atoms with E-state index < -0.39 is 0 Å². The van der Waals surface area contributed by atoms with E-state index in [1.165, 1.54) is 12.8 Å². The van der Waals surface area contributed by atoms with Crippen LogP contribution in [0.3, 0.4) is 0 Å². The van der Waals surface area contributed by atoms with Gasteiger partial charge in [-0.15, -0.1) is 0 Å². The van der Waals surface area contributed by atoms with Crippen molar-refractivity contribution in [2.45, 2.75) is 47.0 Å². The highest BCUT2D eigenvalue weighted by atomic mass is 79.9. The summed E-state index contributed by atoms with van der Waals surface area (Å²) in [6.45, 7) is 10.8. The fraction of sp³-hybridized carbons (Fsp3) is 1.00. The molecule has 0 radical (unpaired) electrons. The number of halogens is 2. The summed E-state index contributed by atoms with van der Waals surface area (Å²) < 4.78 is 5.74. The first kappa shape index (κ1) is 17.9. The van der Waals surface area contributed by atoms with E-state index in [2.05, 4.69) is 59.6 Å². The Balaban J connectivity index is 3.92. The van der Waals surface area contributed by atoms with Crippen molar-refractivity contribution >= 4 is 31.9 Å². The molecule has 0 atom stereocenters. The minimum absolute atomic E-state index is 0.353. The molecule has 0 saturated heterocycles. The van der Waals surface area contributed by atoms with Gasteiger partial charge in [-0.05, 0) is 36.5 Å². The van der Waals surface area contributed by atoms with Gasteiger partial charge in [-0.3, -0.25) is 0 Å². The van der Waals surface area contributed by atoms with Crippen LogP contribution in [0.2, 0.25) is 0 Å². The number of rotatable bonds is 10. The zero-order valence-electron chi connectivity index (χ0n) is 11.8. The molecule has 0 saturated carbocycles. The fourth-order valence-corrected chi connectivity index (χ4v) is 3.90. The van der Waals surface area contributed by atoms with Crippen LogP contribution in [-0.4, -0.2) is 23.9 Å². The van der Waals surface area contributed by atoms with Gasteiger partial charge in [0.2, 0.25) is 0 Å². The van der Waals surface area contributed by atoms with Crippen LogP contribution in [0, 0.1) is 17.3 Å². The van der Waals surface area contributed by atoms with Gasteiger partial charge in [-0.1, -0.05) is 59.6 Å². The molecule has 0 aromatic heterocycles. The van der Waals surface area contributed by atoms with Gasteiger partial charge in [-0.2, -0.15) is 0 Å². The zero-order valence-corrected chi connectivity index (χ0v) is 14.9. The number of alkyl halides is 2. The molecule has 0 aliphatic heterocycles. The smallest absolute Gasteiger partial charge is 0.0471 e. The van der Waals surface area contributed by atoms with E-state index in [-0.39, 0.29) is 0 Å². The Hall–Kier alpha value is 0.920. The van der Waals surface area contributed by atoms with Crippen LogP contribution >= 0.6 is 31.9 Å². The SMILES string of the molecule is CC(C)CCOCCC(CBr)(CBr)CC(C)C. The van der Waals surface area contributed by atoms with Gasteiger partial charge < -0.3 is 4.74 Å². The van der Waals surface area contributed by atoms with Gasteiger partial charge >= 0.3 is 0 Å². The third-order valence-electron chi connectivity index (χ3n) is 3.02. The second-order valence-electron chi connectivity index (χ2n) is 5.91. The van der Waals surface area contributed by atoms with Crippen molar-refractivity contribution in [3.05, 3.63) is 0 Å². The maximum Gasteiger partial charge on any atom is 0.0471 e. The summed E-state index contributed by atoms with van der Waals surface area (Å²) in [4.78, 5) is 0. The zero-order chi connectivity index (χ0) is 13.3. The molecule has 17 heavy (non-hydrogen) atoms. The molecule has 0 heterocycles. The summed E-state index contributed by atoms with van der Waals surface area (Å²) in [5.41, 5.74) is 0.353. The fourth-order valence-electron chi connectivity index (χ4n) is 1.96. The Kier molecular flexibility index (Phi) is 10.3. The maximum atomic E-state index is 5.74. The van der Waals surface area contributed by atoms with Crippen molar-refractivity contribution in [1.29, 1.82) is 0 Å². The molecule has 0 N–H and O–H groups in total. The highest BCUT2D eigenvalue weighted by Gasteiger charge is 2.28. The highest BCUT2D eigenvalue weighted by molar-refractivity contribution is 9.09. The lowest BCUT2D eigenvalue weighted by molar-refractivity contribution is 0.0930. The maximum absolute atomic E-state index is 5.74. The lowest BCUT2D eigenvalue weighted by atomic mass is 9.81. The summed E-state index contributed by atoms with van der Waals surface area (Å²) in [7, 11) is 0. The van der Waals surface area contributed by atoms with Crippen molar-refractivity contribution in [3.63, 3.8) is 0 Å². The molecular weight excluding hydrogens is 344 g/mol. The first-order valence-electron chi connectivity index (χ1n) is 6.65. The van der Waals surface area contributed by atoms with Gasteiger partial charge in [0.05, 0.1) is 0 Å². The molecule has 0 aliphatic carbocycles. The third kappa shape index (κ3) is 8.61. The molecule has 0 aromatic carbocycles. The summed E-state index contributed by atoms with van der Waals surface area (Å²) in [5, 5.41) is 2.11. The Morgan fingerprint density at radius 2 is 1.53 bits per heavy atom. The van der Waals surface area contributed by atoms with Crippen molar-refractivity contribution in [2.75, 3.05) is 23.9 Å². The van der Waals surface area contributed by atoms with Crippen molar-refractivity contribution < 1.29 is 4.74 Å². The van der Waals surface area contributed by atoms with E-state index in [1.54, 1.807) is 0 Å². The van der Waals surface area contributed by atoms with E-state index >= 15 is 0 Å². The summed E-state index contributed by atoms with van der Waals surface area (Å²) >= 11 is 7.34. The van der Waals surface area contributed by atoms with Gasteiger partial charge in [-0.25, -0.2) is 0 Å². The number of hydrogen-bond donors (Lipinski definition) is 0. The van der Waals surface area contributed by atoms with Gasteiger partial charge in [0.1, 0.15) is 0 Å². The molecule has 0 rings (SSSR count). The standard InChI is InChI=1S/C14H28Br2O/c1-12(2)5-7-17-8-6-14(10-15,11-16)9-13(3)4/h12-13H,5-11H2,1-4H3. The molecule has 1 nitrogen and oxygen atoms in total. The molecule has 104 valence electrons. The molecule has 0 aliphatic rings. The lowest BCUT2D eigenvalue weighted by Crippen LogP contribution is -2.28. The quantitative estimate of drug-likeness (QED) is 0.375. The first-order valence-corrected chi connectivity index (χ1v) is 8.89. The molecule has 0 bridgehead atoms. The van der Waals surface area contributed by atoms with Crippen LogP contribution in [0.5, 0.6) is 0 Å². The average Bonchev–Trinajstić information content (AvgIpc) is 2.26. The van der Waals surface area contributed by atoms with Crippen molar-refractivity contribution in [3.8, 4) is 0 Å². The largest absolute Gasteiger partial charge is 0.381 e. The third-order valence-corrected chi connectivity index (χ3v) is 5.40. The molecule has 0 amide bonds. The Labute approximate surface area is 124 Å². The van der Waals surface area contributed by atoms with Crippen LogP contribution in [0.15, 0.2) is 0 Å². The van der Waals surface area contributed by atoms with Crippen LogP contribution in [0.25, 0.3) is 0 Å². The van der Waals surface area contributed by atoms with Crippen LogP contribution < -0.4 is 0 Å². The van der Waals surface area contributed by atoms with Gasteiger partial charge in [0.15, 0.2) is 0 Å². The average molecular weight is 372 g/mol. The molecule has 0 fully saturated rings. The van der Waals surface area contributed by atoms with Crippen LogP contribution in [-0.2, 0) is 4.74 Å².